The lowest BCUT2D eigenvalue weighted by atomic mass is 10.0. The van der Waals surface area contributed by atoms with Gasteiger partial charge in [0.2, 0.25) is 0 Å². The van der Waals surface area contributed by atoms with Crippen molar-refractivity contribution < 1.29 is 9.53 Å². The van der Waals surface area contributed by atoms with Crippen LogP contribution in [0.4, 0.5) is 0 Å². The minimum absolute atomic E-state index is 0.242. The molecule has 0 aliphatic carbocycles. The van der Waals surface area contributed by atoms with Crippen LogP contribution in [0, 0.1) is 0 Å². The maximum absolute atomic E-state index is 12.3. The van der Waals surface area contributed by atoms with E-state index in [0.29, 0.717) is 18.7 Å². The zero-order valence-electron chi connectivity index (χ0n) is 15.1. The van der Waals surface area contributed by atoms with Crippen LogP contribution in [-0.4, -0.2) is 32.1 Å². The summed E-state index contributed by atoms with van der Waals surface area (Å²) in [7, 11) is 0. The molecule has 0 bridgehead atoms. The molecule has 3 heterocycles. The first-order chi connectivity index (χ1) is 12.6. The van der Waals surface area contributed by atoms with Crippen molar-refractivity contribution in [2.75, 3.05) is 6.61 Å². The minimum atomic E-state index is -0.401. The van der Waals surface area contributed by atoms with E-state index in [0.717, 1.165) is 34.0 Å². The number of esters is 1. The number of hydrogen-bond acceptors (Lipinski definition) is 5. The number of nitrogens with zero attached hydrogens (tertiary/aromatic N) is 4. The Labute approximate surface area is 151 Å². The summed E-state index contributed by atoms with van der Waals surface area (Å²) in [4.78, 5) is 26.0. The average molecular weight is 348 g/mol. The number of carbonyl (C=O) groups excluding carboxylic acids is 1. The molecular formula is C20H20N4O2. The van der Waals surface area contributed by atoms with E-state index < -0.39 is 5.97 Å². The predicted molar refractivity (Wildman–Crippen MR) is 97.4 cm³/mol. The SMILES string of the molecule is CCOC(=O)c1ncn2c1Cc1cnc(C(C)C)nc1-c1ccccc1-2. The molecule has 6 nitrogen and oxygen atoms in total. The Bertz CT molecular complexity index is 991. The second-order valence-corrected chi connectivity index (χ2v) is 6.58. The van der Waals surface area contributed by atoms with Crippen molar-refractivity contribution in [3.8, 4) is 16.9 Å². The second kappa shape index (κ2) is 6.37. The van der Waals surface area contributed by atoms with Gasteiger partial charge in [0.15, 0.2) is 5.69 Å². The van der Waals surface area contributed by atoms with Crippen molar-refractivity contribution in [1.82, 2.24) is 19.5 Å². The van der Waals surface area contributed by atoms with Gasteiger partial charge < -0.3 is 9.30 Å². The summed E-state index contributed by atoms with van der Waals surface area (Å²) in [6.07, 6.45) is 4.08. The van der Waals surface area contributed by atoms with Crippen molar-refractivity contribution in [3.05, 3.63) is 59.6 Å². The first-order valence-corrected chi connectivity index (χ1v) is 8.79. The number of ether oxygens (including phenoxy) is 1. The normalized spacial score (nSPS) is 12.2. The monoisotopic (exact) mass is 348 g/mol. The van der Waals surface area contributed by atoms with Gasteiger partial charge in [0, 0.05) is 29.7 Å². The van der Waals surface area contributed by atoms with E-state index in [1.165, 1.54) is 0 Å². The van der Waals surface area contributed by atoms with Gasteiger partial charge >= 0.3 is 5.97 Å². The first-order valence-electron chi connectivity index (χ1n) is 8.79. The molecule has 1 aliphatic heterocycles. The third-order valence-electron chi connectivity index (χ3n) is 4.51. The molecule has 6 heteroatoms. The highest BCUT2D eigenvalue weighted by atomic mass is 16.5. The maximum atomic E-state index is 12.3. The molecule has 26 heavy (non-hydrogen) atoms. The molecular weight excluding hydrogens is 328 g/mol. The highest BCUT2D eigenvalue weighted by molar-refractivity contribution is 5.89. The topological polar surface area (TPSA) is 69.9 Å². The van der Waals surface area contributed by atoms with Gasteiger partial charge in [0.25, 0.3) is 0 Å². The summed E-state index contributed by atoms with van der Waals surface area (Å²) in [5.74, 6) is 0.655. The van der Waals surface area contributed by atoms with Crippen molar-refractivity contribution >= 4 is 5.97 Å². The summed E-state index contributed by atoms with van der Waals surface area (Å²) in [5, 5.41) is 0. The molecule has 0 fully saturated rings. The summed E-state index contributed by atoms with van der Waals surface area (Å²) < 4.78 is 7.13. The molecule has 0 saturated heterocycles. The molecule has 0 amide bonds. The lowest BCUT2D eigenvalue weighted by Crippen LogP contribution is -2.10. The first kappa shape index (κ1) is 16.4. The molecule has 0 unspecified atom stereocenters. The van der Waals surface area contributed by atoms with Crippen LogP contribution >= 0.6 is 0 Å². The highest BCUT2D eigenvalue weighted by Gasteiger charge is 2.27. The fraction of sp³-hybridized carbons (Fsp3) is 0.300. The third-order valence-corrected chi connectivity index (χ3v) is 4.51. The summed E-state index contributed by atoms with van der Waals surface area (Å²) >= 11 is 0. The van der Waals surface area contributed by atoms with Gasteiger partial charge in [0.05, 0.1) is 23.7 Å². The Morgan fingerprint density at radius 3 is 2.85 bits per heavy atom. The average Bonchev–Trinajstić information content (AvgIpc) is 3.00. The molecule has 2 aromatic heterocycles. The Balaban J connectivity index is 1.95. The van der Waals surface area contributed by atoms with Crippen molar-refractivity contribution in [1.29, 1.82) is 0 Å². The molecule has 0 N–H and O–H groups in total. The Morgan fingerprint density at radius 2 is 2.08 bits per heavy atom. The fourth-order valence-corrected chi connectivity index (χ4v) is 3.25. The molecule has 1 aromatic carbocycles. The fourth-order valence-electron chi connectivity index (χ4n) is 3.25. The number of hydrogen-bond donors (Lipinski definition) is 0. The molecule has 4 rings (SSSR count). The molecule has 0 atom stereocenters. The van der Waals surface area contributed by atoms with E-state index in [1.54, 1.807) is 13.3 Å². The van der Waals surface area contributed by atoms with Gasteiger partial charge in [-0.2, -0.15) is 0 Å². The van der Waals surface area contributed by atoms with Crippen LogP contribution in [0.25, 0.3) is 16.9 Å². The number of aromatic nitrogens is 4. The molecule has 1 aliphatic rings. The van der Waals surface area contributed by atoms with Crippen LogP contribution in [0.5, 0.6) is 0 Å². The molecule has 132 valence electrons. The zero-order chi connectivity index (χ0) is 18.3. The molecule has 0 radical (unpaired) electrons. The quantitative estimate of drug-likeness (QED) is 0.530. The van der Waals surface area contributed by atoms with Crippen LogP contribution in [0.2, 0.25) is 0 Å². The van der Waals surface area contributed by atoms with Crippen LogP contribution in [0.3, 0.4) is 0 Å². The van der Waals surface area contributed by atoms with Crippen LogP contribution < -0.4 is 0 Å². The van der Waals surface area contributed by atoms with E-state index in [-0.39, 0.29) is 5.92 Å². The van der Waals surface area contributed by atoms with Crippen molar-refractivity contribution in [2.24, 2.45) is 0 Å². The molecule has 3 aromatic rings. The highest BCUT2D eigenvalue weighted by Crippen LogP contribution is 2.35. The zero-order valence-corrected chi connectivity index (χ0v) is 15.1. The number of carbonyl (C=O) groups is 1. The van der Waals surface area contributed by atoms with Gasteiger partial charge in [-0.15, -0.1) is 0 Å². The summed E-state index contributed by atoms with van der Waals surface area (Å²) in [6, 6.07) is 8.03. The van der Waals surface area contributed by atoms with Gasteiger partial charge in [-0.1, -0.05) is 32.0 Å². The molecule has 0 spiro atoms. The van der Waals surface area contributed by atoms with E-state index in [2.05, 4.69) is 23.8 Å². The van der Waals surface area contributed by atoms with Crippen molar-refractivity contribution in [2.45, 2.75) is 33.1 Å². The lowest BCUT2D eigenvalue weighted by Gasteiger charge is -2.11. The third kappa shape index (κ3) is 2.58. The Morgan fingerprint density at radius 1 is 1.27 bits per heavy atom. The van der Waals surface area contributed by atoms with E-state index in [9.17, 15) is 4.79 Å². The lowest BCUT2D eigenvalue weighted by molar-refractivity contribution is 0.0519. The Kier molecular flexibility index (Phi) is 4.03. The molecule has 0 saturated carbocycles. The van der Waals surface area contributed by atoms with Crippen molar-refractivity contribution in [3.63, 3.8) is 0 Å². The Hall–Kier alpha value is -3.02. The van der Waals surface area contributed by atoms with Crippen LogP contribution in [0.1, 0.15) is 54.3 Å². The smallest absolute Gasteiger partial charge is 0.358 e. The number of para-hydroxylation sites is 1. The largest absolute Gasteiger partial charge is 0.461 e. The van der Waals surface area contributed by atoms with Gasteiger partial charge in [-0.25, -0.2) is 19.7 Å². The number of rotatable bonds is 3. The predicted octanol–water partition coefficient (Wildman–Crippen LogP) is 3.53. The second-order valence-electron chi connectivity index (χ2n) is 6.58. The number of imidazole rings is 1. The maximum Gasteiger partial charge on any atom is 0.358 e. The summed E-state index contributed by atoms with van der Waals surface area (Å²) in [5.41, 5.74) is 5.01. The summed E-state index contributed by atoms with van der Waals surface area (Å²) in [6.45, 7) is 6.27. The number of fused-ring (bicyclic) bond motifs is 5. The van der Waals surface area contributed by atoms with Gasteiger partial charge in [-0.3, -0.25) is 0 Å². The van der Waals surface area contributed by atoms with E-state index in [1.807, 2.05) is 35.0 Å². The van der Waals surface area contributed by atoms with Crippen LogP contribution in [0.15, 0.2) is 36.8 Å². The number of benzene rings is 1. The minimum Gasteiger partial charge on any atom is -0.461 e. The van der Waals surface area contributed by atoms with Gasteiger partial charge in [-0.05, 0) is 13.0 Å². The van der Waals surface area contributed by atoms with Crippen LogP contribution in [-0.2, 0) is 11.2 Å². The van der Waals surface area contributed by atoms with Gasteiger partial charge in [0.1, 0.15) is 12.2 Å². The van der Waals surface area contributed by atoms with E-state index in [4.69, 9.17) is 9.72 Å². The standard InChI is InChI=1S/C20H20N4O2/c1-4-26-20(25)18-16-9-13-10-21-19(12(2)3)23-17(13)14-7-5-6-8-15(14)24(16)11-22-18/h5-8,10-12H,4,9H2,1-3H3. The van der Waals surface area contributed by atoms with E-state index >= 15 is 0 Å².